The fourth-order valence-electron chi connectivity index (χ4n) is 4.08. The third-order valence-electron chi connectivity index (χ3n) is 5.66. The number of aromatic amines is 1. The zero-order valence-corrected chi connectivity index (χ0v) is 18.2. The summed E-state index contributed by atoms with van der Waals surface area (Å²) in [4.78, 5) is 47.1. The van der Waals surface area contributed by atoms with Gasteiger partial charge in [0.05, 0.1) is 17.7 Å². The fourth-order valence-corrected chi connectivity index (χ4v) is 5.35. The van der Waals surface area contributed by atoms with Crippen LogP contribution in [0.5, 0.6) is 0 Å². The minimum atomic E-state index is -1.28. The highest BCUT2D eigenvalue weighted by molar-refractivity contribution is 7.18. The van der Waals surface area contributed by atoms with Gasteiger partial charge in [-0.05, 0) is 55.5 Å². The van der Waals surface area contributed by atoms with Crippen molar-refractivity contribution in [1.82, 2.24) is 9.97 Å². The molecule has 3 aromatic heterocycles. The number of hydrogen-bond acceptors (Lipinski definition) is 7. The zero-order valence-electron chi connectivity index (χ0n) is 17.4. The Labute approximate surface area is 191 Å². The number of nitrogens with zero attached hydrogens (tertiary/aromatic N) is 2. The maximum absolute atomic E-state index is 13.2. The van der Waals surface area contributed by atoms with E-state index in [1.165, 1.54) is 29.7 Å². The molecule has 0 spiro atoms. The van der Waals surface area contributed by atoms with Crippen LogP contribution in [0.15, 0.2) is 51.9 Å². The molecule has 0 saturated heterocycles. The number of nitriles is 1. The molecule has 0 bridgehead atoms. The molecular weight excluding hydrogens is 440 g/mol. The predicted octanol–water partition coefficient (Wildman–Crippen LogP) is 4.20. The minimum absolute atomic E-state index is 0.0311. The molecular formula is C24H18N4O4S. The number of furan rings is 1. The highest BCUT2D eigenvalue weighted by atomic mass is 32.1. The normalized spacial score (nSPS) is 13.8. The van der Waals surface area contributed by atoms with Gasteiger partial charge in [0.15, 0.2) is 17.5 Å². The second kappa shape index (κ2) is 8.48. The number of nitrogens with one attached hydrogen (secondary N) is 2. The highest BCUT2D eigenvalue weighted by Gasteiger charge is 2.27. The van der Waals surface area contributed by atoms with Crippen LogP contribution in [0.4, 0.5) is 5.69 Å². The van der Waals surface area contributed by atoms with Gasteiger partial charge in [0.2, 0.25) is 0 Å². The SMILES string of the molecule is N#CC(C(=O)c1cccc(NC(=O)c2ccco2)c1)c1nc2sc3c(c2c(=O)[nH]1)CCCC3. The number of Topliss-reactive ketones (excluding diaryl/α,β-unsaturated/α-hetero) is 1. The first kappa shape index (κ1) is 20.8. The second-order valence-electron chi connectivity index (χ2n) is 7.78. The standard InChI is InChI=1S/C24H18N4O4S/c25-12-16(21-27-23(31)19-15-7-1-2-9-18(15)33-24(19)28-21)20(29)13-5-3-6-14(11-13)26-22(30)17-8-4-10-32-17/h3-6,8,10-11,16H,1-2,7,9H2,(H,26,30)(H,27,28,31). The van der Waals surface area contributed by atoms with Gasteiger partial charge in [-0.25, -0.2) is 4.98 Å². The van der Waals surface area contributed by atoms with Crippen molar-refractivity contribution < 1.29 is 14.0 Å². The van der Waals surface area contributed by atoms with E-state index in [9.17, 15) is 19.6 Å². The summed E-state index contributed by atoms with van der Waals surface area (Å²) in [6, 6.07) is 11.4. The van der Waals surface area contributed by atoms with E-state index in [1.54, 1.807) is 24.3 Å². The van der Waals surface area contributed by atoms with Crippen LogP contribution < -0.4 is 10.9 Å². The largest absolute Gasteiger partial charge is 0.459 e. The third kappa shape index (κ3) is 3.85. The average Bonchev–Trinajstić information content (AvgIpc) is 3.48. The van der Waals surface area contributed by atoms with Crippen molar-refractivity contribution in [2.45, 2.75) is 31.6 Å². The molecule has 9 heteroatoms. The van der Waals surface area contributed by atoms with Gasteiger partial charge in [-0.15, -0.1) is 11.3 Å². The minimum Gasteiger partial charge on any atom is -0.459 e. The van der Waals surface area contributed by atoms with Crippen molar-refractivity contribution in [2.24, 2.45) is 0 Å². The highest BCUT2D eigenvalue weighted by Crippen LogP contribution is 2.34. The number of amides is 1. The quantitative estimate of drug-likeness (QED) is 0.431. The van der Waals surface area contributed by atoms with E-state index >= 15 is 0 Å². The number of benzene rings is 1. The number of thiophene rings is 1. The van der Waals surface area contributed by atoms with Crippen LogP contribution in [-0.2, 0) is 12.8 Å². The number of hydrogen-bond donors (Lipinski definition) is 2. The summed E-state index contributed by atoms with van der Waals surface area (Å²) in [5.74, 6) is -2.09. The first-order chi connectivity index (χ1) is 16.0. The van der Waals surface area contributed by atoms with Crippen molar-refractivity contribution in [3.63, 3.8) is 0 Å². The molecule has 164 valence electrons. The lowest BCUT2D eigenvalue weighted by atomic mass is 9.96. The topological polar surface area (TPSA) is 129 Å². The lowest BCUT2D eigenvalue weighted by Gasteiger charge is -2.11. The van der Waals surface area contributed by atoms with Gasteiger partial charge in [0.25, 0.3) is 11.5 Å². The molecule has 0 fully saturated rings. The molecule has 0 radical (unpaired) electrons. The van der Waals surface area contributed by atoms with Crippen LogP contribution in [0, 0.1) is 11.3 Å². The van der Waals surface area contributed by atoms with Gasteiger partial charge in [0.1, 0.15) is 10.7 Å². The number of carbonyl (C=O) groups excluding carboxylic acids is 2. The number of rotatable bonds is 5. The Kier molecular flexibility index (Phi) is 5.36. The number of aryl methyl sites for hydroxylation is 2. The van der Waals surface area contributed by atoms with Crippen molar-refractivity contribution in [3.8, 4) is 6.07 Å². The van der Waals surface area contributed by atoms with E-state index in [0.717, 1.165) is 36.1 Å². The Bertz CT molecular complexity index is 1480. The smallest absolute Gasteiger partial charge is 0.291 e. The molecule has 1 aliphatic rings. The Morgan fingerprint density at radius 2 is 2.06 bits per heavy atom. The maximum Gasteiger partial charge on any atom is 0.291 e. The van der Waals surface area contributed by atoms with E-state index in [4.69, 9.17) is 4.42 Å². The molecule has 1 unspecified atom stereocenters. The van der Waals surface area contributed by atoms with Crippen LogP contribution in [0.25, 0.3) is 10.2 Å². The van der Waals surface area contributed by atoms with Crippen LogP contribution in [-0.4, -0.2) is 21.7 Å². The molecule has 5 rings (SSSR count). The number of ketones is 1. The van der Waals surface area contributed by atoms with Crippen LogP contribution in [0.1, 0.15) is 55.9 Å². The van der Waals surface area contributed by atoms with Crippen LogP contribution in [0.2, 0.25) is 0 Å². The molecule has 8 nitrogen and oxygen atoms in total. The molecule has 1 amide bonds. The van der Waals surface area contributed by atoms with E-state index < -0.39 is 17.6 Å². The maximum atomic E-state index is 13.2. The van der Waals surface area contributed by atoms with Gasteiger partial charge in [-0.3, -0.25) is 14.4 Å². The van der Waals surface area contributed by atoms with E-state index in [0.29, 0.717) is 15.9 Å². The van der Waals surface area contributed by atoms with Gasteiger partial charge < -0.3 is 14.7 Å². The van der Waals surface area contributed by atoms with Crippen LogP contribution >= 0.6 is 11.3 Å². The van der Waals surface area contributed by atoms with Crippen LogP contribution in [0.3, 0.4) is 0 Å². The second-order valence-corrected chi connectivity index (χ2v) is 8.86. The van der Waals surface area contributed by atoms with Gasteiger partial charge in [-0.2, -0.15) is 5.26 Å². The lowest BCUT2D eigenvalue weighted by Crippen LogP contribution is -2.20. The number of aromatic nitrogens is 2. The van der Waals surface area contributed by atoms with Crippen molar-refractivity contribution in [3.05, 3.63) is 80.6 Å². The molecule has 1 aromatic carbocycles. The molecule has 1 aliphatic carbocycles. The number of fused-ring (bicyclic) bond motifs is 3. The number of anilines is 1. The molecule has 4 aromatic rings. The average molecular weight is 458 g/mol. The molecule has 0 aliphatic heterocycles. The molecule has 1 atom stereocenters. The van der Waals surface area contributed by atoms with Gasteiger partial charge >= 0.3 is 0 Å². The van der Waals surface area contributed by atoms with Crippen molar-refractivity contribution in [2.75, 3.05) is 5.32 Å². The molecule has 2 N–H and O–H groups in total. The number of H-pyrrole nitrogens is 1. The van der Waals surface area contributed by atoms with Gasteiger partial charge in [0, 0.05) is 16.1 Å². The summed E-state index contributed by atoms with van der Waals surface area (Å²) in [5, 5.41) is 13.0. The van der Waals surface area contributed by atoms with E-state index in [-0.39, 0.29) is 22.7 Å². The molecule has 33 heavy (non-hydrogen) atoms. The third-order valence-corrected chi connectivity index (χ3v) is 6.84. The first-order valence-corrected chi connectivity index (χ1v) is 11.3. The Balaban J connectivity index is 1.45. The monoisotopic (exact) mass is 458 g/mol. The van der Waals surface area contributed by atoms with Crippen molar-refractivity contribution >= 4 is 38.9 Å². The lowest BCUT2D eigenvalue weighted by molar-refractivity contribution is 0.0972. The first-order valence-electron chi connectivity index (χ1n) is 10.5. The summed E-state index contributed by atoms with van der Waals surface area (Å²) in [5.41, 5.74) is 1.32. The predicted molar refractivity (Wildman–Crippen MR) is 123 cm³/mol. The summed E-state index contributed by atoms with van der Waals surface area (Å²) >= 11 is 1.46. The van der Waals surface area contributed by atoms with E-state index in [2.05, 4.69) is 15.3 Å². The summed E-state index contributed by atoms with van der Waals surface area (Å²) in [7, 11) is 0. The van der Waals surface area contributed by atoms with Gasteiger partial charge in [-0.1, -0.05) is 12.1 Å². The zero-order chi connectivity index (χ0) is 22.9. The van der Waals surface area contributed by atoms with Crippen molar-refractivity contribution in [1.29, 1.82) is 5.26 Å². The Morgan fingerprint density at radius 1 is 1.21 bits per heavy atom. The summed E-state index contributed by atoms with van der Waals surface area (Å²) < 4.78 is 5.07. The summed E-state index contributed by atoms with van der Waals surface area (Å²) in [6.45, 7) is 0. The van der Waals surface area contributed by atoms with E-state index in [1.807, 2.05) is 6.07 Å². The Hall–Kier alpha value is -4.03. The fraction of sp³-hybridized carbons (Fsp3) is 0.208. The summed E-state index contributed by atoms with van der Waals surface area (Å²) in [6.07, 6.45) is 5.27. The molecule has 0 saturated carbocycles. The Morgan fingerprint density at radius 3 is 2.85 bits per heavy atom. The molecule has 3 heterocycles. The number of carbonyl (C=O) groups is 2.